The average Bonchev–Trinajstić information content (AvgIpc) is 3.03. The number of nitrogens with one attached hydrogen (secondary N) is 1. The molecule has 0 radical (unpaired) electrons. The van der Waals surface area contributed by atoms with Crippen LogP contribution < -0.4 is 4.68 Å². The number of hydrogen-bond acceptors (Lipinski definition) is 2. The van der Waals surface area contributed by atoms with E-state index >= 15 is 0 Å². The van der Waals surface area contributed by atoms with E-state index in [1.165, 1.54) is 0 Å². The summed E-state index contributed by atoms with van der Waals surface area (Å²) in [6.45, 7) is 0.758. The molecule has 0 aliphatic carbocycles. The van der Waals surface area contributed by atoms with Gasteiger partial charge in [0, 0.05) is 21.1 Å². The van der Waals surface area contributed by atoms with Crippen LogP contribution in [0, 0.1) is 0 Å². The van der Waals surface area contributed by atoms with E-state index in [0.29, 0.717) is 6.54 Å². The summed E-state index contributed by atoms with van der Waals surface area (Å²) >= 11 is 3.43. The summed E-state index contributed by atoms with van der Waals surface area (Å²) in [6.07, 6.45) is 1.97. The SMILES string of the molecule is OC[C@H](C[n+]1cc(-c2ccc(Br)cc2)n[nH]1)c1ccccc1. The fraction of sp³-hybridized carbons (Fsp3) is 0.176. The number of H-pyrrole nitrogens is 1. The number of aromatic nitrogens is 3. The first-order chi connectivity index (χ1) is 10.8. The molecule has 0 amide bonds. The Morgan fingerprint density at radius 3 is 2.50 bits per heavy atom. The number of nitrogens with zero attached hydrogens (tertiary/aromatic N) is 2. The first kappa shape index (κ1) is 14.9. The average molecular weight is 359 g/mol. The van der Waals surface area contributed by atoms with E-state index in [9.17, 15) is 5.11 Å². The molecule has 1 heterocycles. The van der Waals surface area contributed by atoms with Crippen molar-refractivity contribution in [3.8, 4) is 11.3 Å². The van der Waals surface area contributed by atoms with E-state index in [4.69, 9.17) is 0 Å². The summed E-state index contributed by atoms with van der Waals surface area (Å²) < 4.78 is 2.95. The minimum atomic E-state index is 0.0458. The number of aliphatic hydroxyl groups excluding tert-OH is 1. The quantitative estimate of drug-likeness (QED) is 0.689. The van der Waals surface area contributed by atoms with Crippen LogP contribution in [0.2, 0.25) is 0 Å². The third kappa shape index (κ3) is 3.43. The summed E-state index contributed by atoms with van der Waals surface area (Å²) in [7, 11) is 0. The number of halogens is 1. The Hall–Kier alpha value is -1.98. The fourth-order valence-electron chi connectivity index (χ4n) is 2.41. The number of aliphatic hydroxyl groups is 1. The van der Waals surface area contributed by atoms with Crippen LogP contribution in [-0.2, 0) is 6.54 Å². The van der Waals surface area contributed by atoms with Gasteiger partial charge in [-0.15, -0.1) is 0 Å². The lowest BCUT2D eigenvalue weighted by molar-refractivity contribution is -0.755. The van der Waals surface area contributed by atoms with E-state index in [2.05, 4.69) is 26.2 Å². The van der Waals surface area contributed by atoms with Crippen molar-refractivity contribution in [3.05, 3.63) is 70.8 Å². The van der Waals surface area contributed by atoms with Gasteiger partial charge in [0.1, 0.15) is 6.54 Å². The van der Waals surface area contributed by atoms with Crippen LogP contribution in [0.25, 0.3) is 11.3 Å². The third-order valence-corrected chi connectivity index (χ3v) is 4.15. The highest BCUT2D eigenvalue weighted by Crippen LogP contribution is 2.19. The highest BCUT2D eigenvalue weighted by atomic mass is 79.9. The Labute approximate surface area is 137 Å². The van der Waals surface area contributed by atoms with Gasteiger partial charge in [0.05, 0.1) is 6.61 Å². The molecule has 0 unspecified atom stereocenters. The van der Waals surface area contributed by atoms with E-state index in [-0.39, 0.29) is 12.5 Å². The van der Waals surface area contributed by atoms with Crippen LogP contribution in [0.1, 0.15) is 11.5 Å². The first-order valence-corrected chi connectivity index (χ1v) is 7.92. The van der Waals surface area contributed by atoms with Crippen molar-refractivity contribution < 1.29 is 9.79 Å². The minimum Gasteiger partial charge on any atom is -0.396 e. The van der Waals surface area contributed by atoms with Gasteiger partial charge in [-0.2, -0.15) is 4.68 Å². The molecule has 1 atom stereocenters. The maximum Gasteiger partial charge on any atom is 0.248 e. The Kier molecular flexibility index (Phi) is 4.65. The molecule has 5 heteroatoms. The first-order valence-electron chi connectivity index (χ1n) is 7.13. The van der Waals surface area contributed by atoms with E-state index in [1.54, 1.807) is 0 Å². The van der Waals surface area contributed by atoms with Crippen molar-refractivity contribution in [2.24, 2.45) is 0 Å². The van der Waals surface area contributed by atoms with Crippen molar-refractivity contribution in [2.75, 3.05) is 6.61 Å². The molecule has 0 bridgehead atoms. The standard InChI is InChI=1S/C17H16BrN3O/c18-16-8-6-14(7-9-16)17-11-21(20-19-17)10-15(12-22)13-4-2-1-3-5-13/h1-9,11,15,22H,10,12H2/p+1/t15-/m0/s1. The van der Waals surface area contributed by atoms with Crippen LogP contribution in [0.5, 0.6) is 0 Å². The molecule has 4 nitrogen and oxygen atoms in total. The molecule has 3 aromatic rings. The van der Waals surface area contributed by atoms with Crippen LogP contribution >= 0.6 is 15.9 Å². The molecule has 112 valence electrons. The Morgan fingerprint density at radius 1 is 1.09 bits per heavy atom. The van der Waals surface area contributed by atoms with Crippen molar-refractivity contribution >= 4 is 15.9 Å². The Balaban J connectivity index is 1.77. The van der Waals surface area contributed by atoms with Crippen LogP contribution in [0.4, 0.5) is 0 Å². The second kappa shape index (κ2) is 6.85. The smallest absolute Gasteiger partial charge is 0.248 e. The Morgan fingerprint density at radius 2 is 1.82 bits per heavy atom. The van der Waals surface area contributed by atoms with Crippen molar-refractivity contribution in [1.29, 1.82) is 0 Å². The van der Waals surface area contributed by atoms with Crippen LogP contribution in [0.15, 0.2) is 65.3 Å². The van der Waals surface area contributed by atoms with Gasteiger partial charge in [-0.25, -0.2) is 0 Å². The molecule has 0 saturated heterocycles. The lowest BCUT2D eigenvalue weighted by atomic mass is 10.0. The largest absolute Gasteiger partial charge is 0.396 e. The van der Waals surface area contributed by atoms with Gasteiger partial charge in [-0.1, -0.05) is 51.5 Å². The summed E-state index contributed by atoms with van der Waals surface area (Å²) in [5.41, 5.74) is 3.06. The molecule has 0 aliphatic rings. The van der Waals surface area contributed by atoms with E-state index in [1.807, 2.05) is 65.5 Å². The monoisotopic (exact) mass is 358 g/mol. The highest BCUT2D eigenvalue weighted by Gasteiger charge is 2.17. The highest BCUT2D eigenvalue weighted by molar-refractivity contribution is 9.10. The number of hydrogen-bond donors (Lipinski definition) is 2. The van der Waals surface area contributed by atoms with Gasteiger partial charge in [-0.05, 0) is 29.8 Å². The summed E-state index contributed by atoms with van der Waals surface area (Å²) in [5.74, 6) is 0.0458. The zero-order valence-corrected chi connectivity index (χ0v) is 13.6. The van der Waals surface area contributed by atoms with Crippen LogP contribution in [0.3, 0.4) is 0 Å². The van der Waals surface area contributed by atoms with Gasteiger partial charge in [0.2, 0.25) is 5.69 Å². The molecular formula is C17H17BrN3O+. The fourth-order valence-corrected chi connectivity index (χ4v) is 2.67. The molecule has 0 aliphatic heterocycles. The minimum absolute atomic E-state index is 0.0458. The van der Waals surface area contributed by atoms with Crippen LogP contribution in [-0.4, -0.2) is 22.0 Å². The molecule has 0 spiro atoms. The predicted octanol–water partition coefficient (Wildman–Crippen LogP) is 2.90. The van der Waals surface area contributed by atoms with Gasteiger partial charge >= 0.3 is 0 Å². The van der Waals surface area contributed by atoms with Crippen molar-refractivity contribution in [1.82, 2.24) is 10.3 Å². The lowest BCUT2D eigenvalue weighted by Gasteiger charge is -2.11. The maximum absolute atomic E-state index is 9.64. The molecular weight excluding hydrogens is 342 g/mol. The zero-order chi connectivity index (χ0) is 15.4. The van der Waals surface area contributed by atoms with Gasteiger partial charge in [0.15, 0.2) is 6.20 Å². The summed E-state index contributed by atoms with van der Waals surface area (Å²) in [6, 6.07) is 18.1. The molecule has 0 saturated carbocycles. The van der Waals surface area contributed by atoms with Gasteiger partial charge in [-0.3, -0.25) is 0 Å². The van der Waals surface area contributed by atoms with Crippen molar-refractivity contribution in [2.45, 2.75) is 12.5 Å². The molecule has 0 fully saturated rings. The Bertz CT molecular complexity index is 725. The normalized spacial score (nSPS) is 12.3. The molecule has 2 N–H and O–H groups in total. The number of aromatic amines is 1. The molecule has 2 aromatic carbocycles. The van der Waals surface area contributed by atoms with E-state index in [0.717, 1.165) is 21.3 Å². The zero-order valence-electron chi connectivity index (χ0n) is 12.0. The number of benzene rings is 2. The summed E-state index contributed by atoms with van der Waals surface area (Å²) in [5, 5.41) is 17.0. The van der Waals surface area contributed by atoms with Gasteiger partial charge in [0.25, 0.3) is 0 Å². The maximum atomic E-state index is 9.64. The molecule has 22 heavy (non-hydrogen) atoms. The van der Waals surface area contributed by atoms with Crippen molar-refractivity contribution in [3.63, 3.8) is 0 Å². The predicted molar refractivity (Wildman–Crippen MR) is 88.2 cm³/mol. The topological polar surface area (TPSA) is 52.8 Å². The third-order valence-electron chi connectivity index (χ3n) is 3.63. The van der Waals surface area contributed by atoms with Gasteiger partial charge < -0.3 is 5.11 Å². The second-order valence-electron chi connectivity index (χ2n) is 5.18. The molecule has 3 rings (SSSR count). The summed E-state index contributed by atoms with van der Waals surface area (Å²) in [4.78, 5) is 0. The lowest BCUT2D eigenvalue weighted by Crippen LogP contribution is -2.39. The molecule has 1 aromatic heterocycles. The second-order valence-corrected chi connectivity index (χ2v) is 6.09. The van der Waals surface area contributed by atoms with E-state index < -0.39 is 0 Å². The number of rotatable bonds is 5.